The largest absolute Gasteiger partial charge is 0.417 e. The van der Waals surface area contributed by atoms with Gasteiger partial charge in [0, 0.05) is 11.6 Å². The highest BCUT2D eigenvalue weighted by Gasteiger charge is 2.33. The summed E-state index contributed by atoms with van der Waals surface area (Å²) in [5.74, 6) is 0.531. The number of fused-ring (bicyclic) bond motifs is 1. The minimum absolute atomic E-state index is 0.242. The van der Waals surface area contributed by atoms with Crippen molar-refractivity contribution in [3.63, 3.8) is 0 Å². The molecular formula is C16H11Cl2F3N2. The van der Waals surface area contributed by atoms with E-state index in [9.17, 15) is 13.2 Å². The van der Waals surface area contributed by atoms with Gasteiger partial charge in [0.2, 0.25) is 0 Å². The lowest BCUT2D eigenvalue weighted by molar-refractivity contribution is -0.137. The van der Waals surface area contributed by atoms with Gasteiger partial charge in [-0.05, 0) is 36.2 Å². The van der Waals surface area contributed by atoms with Crippen molar-refractivity contribution in [3.8, 4) is 5.69 Å². The van der Waals surface area contributed by atoms with Crippen LogP contribution in [0.3, 0.4) is 0 Å². The molecule has 0 amide bonds. The Bertz CT molecular complexity index is 839. The van der Waals surface area contributed by atoms with E-state index in [0.717, 1.165) is 23.7 Å². The minimum Gasteiger partial charge on any atom is -0.299 e. The predicted molar refractivity (Wildman–Crippen MR) is 85.5 cm³/mol. The quantitative estimate of drug-likeness (QED) is 0.567. The Kier molecular flexibility index (Phi) is 4.25. The number of benzene rings is 2. The van der Waals surface area contributed by atoms with Gasteiger partial charge in [-0.15, -0.1) is 11.6 Å². The van der Waals surface area contributed by atoms with Gasteiger partial charge >= 0.3 is 6.18 Å². The molecule has 0 saturated heterocycles. The second-order valence-corrected chi connectivity index (χ2v) is 5.82. The molecule has 0 fully saturated rings. The summed E-state index contributed by atoms with van der Waals surface area (Å²) in [4.78, 5) is 4.05. The molecule has 3 aromatic rings. The summed E-state index contributed by atoms with van der Waals surface area (Å²) in [5, 5.41) is -0.342. The number of rotatable bonds is 3. The van der Waals surface area contributed by atoms with Crippen molar-refractivity contribution in [2.75, 3.05) is 5.88 Å². The number of nitrogens with zero attached hydrogens (tertiary/aromatic N) is 2. The predicted octanol–water partition coefficient (Wildman–Crippen LogP) is 5.48. The van der Waals surface area contributed by atoms with E-state index in [-0.39, 0.29) is 10.5 Å². The Labute approximate surface area is 140 Å². The first-order valence-electron chi connectivity index (χ1n) is 6.79. The summed E-state index contributed by atoms with van der Waals surface area (Å²) in [6.45, 7) is 0. The smallest absolute Gasteiger partial charge is 0.299 e. The van der Waals surface area contributed by atoms with Crippen LogP contribution in [0.15, 0.2) is 42.7 Å². The molecule has 0 saturated carbocycles. The van der Waals surface area contributed by atoms with Crippen molar-refractivity contribution in [1.29, 1.82) is 0 Å². The van der Waals surface area contributed by atoms with E-state index in [1.54, 1.807) is 4.57 Å². The molecule has 1 aromatic heterocycles. The zero-order chi connectivity index (χ0) is 16.6. The second kappa shape index (κ2) is 6.06. The van der Waals surface area contributed by atoms with Crippen molar-refractivity contribution >= 4 is 34.2 Å². The van der Waals surface area contributed by atoms with E-state index in [0.29, 0.717) is 11.4 Å². The number of hydrogen-bond donors (Lipinski definition) is 0. The topological polar surface area (TPSA) is 17.8 Å². The molecule has 2 nitrogen and oxygen atoms in total. The molecule has 23 heavy (non-hydrogen) atoms. The first kappa shape index (κ1) is 16.1. The molecular weight excluding hydrogens is 348 g/mol. The lowest BCUT2D eigenvalue weighted by atomic mass is 10.1. The van der Waals surface area contributed by atoms with Crippen molar-refractivity contribution in [2.45, 2.75) is 12.6 Å². The number of aryl methyl sites for hydroxylation is 1. The summed E-state index contributed by atoms with van der Waals surface area (Å²) in [6.07, 6.45) is -2.26. The van der Waals surface area contributed by atoms with Crippen LogP contribution < -0.4 is 0 Å². The average molecular weight is 359 g/mol. The first-order valence-corrected chi connectivity index (χ1v) is 7.70. The highest BCUT2D eigenvalue weighted by molar-refractivity contribution is 6.32. The molecule has 0 aliphatic rings. The molecule has 0 bridgehead atoms. The number of aromatic nitrogens is 2. The zero-order valence-electron chi connectivity index (χ0n) is 11.7. The molecule has 0 aliphatic carbocycles. The molecule has 0 aliphatic heterocycles. The summed E-state index contributed by atoms with van der Waals surface area (Å²) < 4.78 is 40.4. The fourth-order valence-corrected chi connectivity index (χ4v) is 2.87. The maximum atomic E-state index is 12.9. The van der Waals surface area contributed by atoms with Gasteiger partial charge in [-0.3, -0.25) is 4.57 Å². The third-order valence-electron chi connectivity index (χ3n) is 3.54. The summed E-state index contributed by atoms with van der Waals surface area (Å²) in [7, 11) is 0. The molecule has 7 heteroatoms. The van der Waals surface area contributed by atoms with Gasteiger partial charge in [0.25, 0.3) is 0 Å². The van der Waals surface area contributed by atoms with E-state index in [1.165, 1.54) is 12.4 Å². The Morgan fingerprint density at radius 2 is 1.78 bits per heavy atom. The highest BCUT2D eigenvalue weighted by Crippen LogP contribution is 2.37. The highest BCUT2D eigenvalue weighted by atomic mass is 35.5. The normalized spacial score (nSPS) is 12.0. The van der Waals surface area contributed by atoms with Gasteiger partial charge in [-0.25, -0.2) is 4.98 Å². The standard InChI is InChI=1S/C16H11Cl2F3N2/c17-6-5-10-1-3-11(4-2-10)23-9-22-14-7-12(16(19,20)21)13(18)8-15(14)23/h1-4,7-9H,5-6H2. The van der Waals surface area contributed by atoms with Crippen LogP contribution in [0.1, 0.15) is 11.1 Å². The van der Waals surface area contributed by atoms with Crippen LogP contribution in [0.25, 0.3) is 16.7 Å². The summed E-state index contributed by atoms with van der Waals surface area (Å²) in [5.41, 5.74) is 1.77. The number of halogens is 5. The van der Waals surface area contributed by atoms with Gasteiger partial charge in [0.1, 0.15) is 6.33 Å². The van der Waals surface area contributed by atoms with Crippen LogP contribution >= 0.6 is 23.2 Å². The molecule has 0 unspecified atom stereocenters. The van der Waals surface area contributed by atoms with Crippen molar-refractivity contribution in [1.82, 2.24) is 9.55 Å². The van der Waals surface area contributed by atoms with Crippen LogP contribution in [-0.4, -0.2) is 15.4 Å². The molecule has 3 rings (SSSR count). The lowest BCUT2D eigenvalue weighted by Crippen LogP contribution is -2.06. The number of imidazole rings is 1. The molecule has 0 N–H and O–H groups in total. The fourth-order valence-electron chi connectivity index (χ4n) is 2.39. The molecule has 2 aromatic carbocycles. The fraction of sp³-hybridized carbons (Fsp3) is 0.188. The molecule has 120 valence electrons. The molecule has 1 heterocycles. The maximum Gasteiger partial charge on any atom is 0.417 e. The van der Waals surface area contributed by atoms with Gasteiger partial charge < -0.3 is 0 Å². The second-order valence-electron chi connectivity index (χ2n) is 5.04. The van der Waals surface area contributed by atoms with Crippen molar-refractivity contribution in [3.05, 3.63) is 58.9 Å². The average Bonchev–Trinajstić information content (AvgIpc) is 2.89. The Morgan fingerprint density at radius 3 is 2.39 bits per heavy atom. The third kappa shape index (κ3) is 3.16. The van der Waals surface area contributed by atoms with E-state index in [4.69, 9.17) is 23.2 Å². The summed E-state index contributed by atoms with van der Waals surface area (Å²) in [6, 6.07) is 9.85. The van der Waals surface area contributed by atoms with Gasteiger partial charge in [0.05, 0.1) is 21.6 Å². The van der Waals surface area contributed by atoms with E-state index < -0.39 is 11.7 Å². The van der Waals surface area contributed by atoms with Crippen LogP contribution in [-0.2, 0) is 12.6 Å². The third-order valence-corrected chi connectivity index (χ3v) is 4.04. The van der Waals surface area contributed by atoms with E-state index in [1.807, 2.05) is 24.3 Å². The Hall–Kier alpha value is -1.72. The number of alkyl halides is 4. The first-order chi connectivity index (χ1) is 10.9. The molecule has 0 spiro atoms. The summed E-state index contributed by atoms with van der Waals surface area (Å²) >= 11 is 11.5. The van der Waals surface area contributed by atoms with Crippen LogP contribution in [0, 0.1) is 0 Å². The molecule has 0 radical (unpaired) electrons. The van der Waals surface area contributed by atoms with Crippen LogP contribution in [0.2, 0.25) is 5.02 Å². The van der Waals surface area contributed by atoms with Gasteiger partial charge in [0.15, 0.2) is 0 Å². The van der Waals surface area contributed by atoms with Gasteiger partial charge in [-0.1, -0.05) is 23.7 Å². The lowest BCUT2D eigenvalue weighted by Gasteiger charge is -2.10. The molecule has 0 atom stereocenters. The van der Waals surface area contributed by atoms with Crippen molar-refractivity contribution in [2.24, 2.45) is 0 Å². The number of hydrogen-bond acceptors (Lipinski definition) is 1. The van der Waals surface area contributed by atoms with Crippen LogP contribution in [0.4, 0.5) is 13.2 Å². The van der Waals surface area contributed by atoms with Crippen molar-refractivity contribution < 1.29 is 13.2 Å². The SMILES string of the molecule is FC(F)(F)c1cc2ncn(-c3ccc(CCCl)cc3)c2cc1Cl. The van der Waals surface area contributed by atoms with Gasteiger partial charge in [-0.2, -0.15) is 13.2 Å². The monoisotopic (exact) mass is 358 g/mol. The van der Waals surface area contributed by atoms with Crippen LogP contribution in [0.5, 0.6) is 0 Å². The van der Waals surface area contributed by atoms with E-state index >= 15 is 0 Å². The minimum atomic E-state index is -4.50. The maximum absolute atomic E-state index is 12.9. The zero-order valence-corrected chi connectivity index (χ0v) is 13.3. The van der Waals surface area contributed by atoms with E-state index in [2.05, 4.69) is 4.98 Å². The Morgan fingerprint density at radius 1 is 1.09 bits per heavy atom. The Balaban J connectivity index is 2.07.